The van der Waals surface area contributed by atoms with Crippen LogP contribution in [0.2, 0.25) is 5.02 Å². The number of benzene rings is 2. The summed E-state index contributed by atoms with van der Waals surface area (Å²) in [6.45, 7) is 1.68. The summed E-state index contributed by atoms with van der Waals surface area (Å²) in [5.74, 6) is 0.567. The molecule has 0 saturated heterocycles. The van der Waals surface area contributed by atoms with Gasteiger partial charge >= 0.3 is 0 Å². The molecule has 8 heteroatoms. The van der Waals surface area contributed by atoms with E-state index in [1.165, 1.54) is 30.5 Å². The Balaban J connectivity index is 1.57. The fourth-order valence-corrected chi connectivity index (χ4v) is 2.37. The summed E-state index contributed by atoms with van der Waals surface area (Å²) in [5.41, 5.74) is 3.01. The zero-order valence-electron chi connectivity index (χ0n) is 13.2. The monoisotopic (exact) mass is 364 g/mol. The van der Waals surface area contributed by atoms with Crippen LogP contribution in [-0.4, -0.2) is 25.0 Å². The van der Waals surface area contributed by atoms with Gasteiger partial charge in [0.2, 0.25) is 6.79 Å². The summed E-state index contributed by atoms with van der Waals surface area (Å²) >= 11 is 6.07. The normalized spacial score (nSPS) is 13.7. The predicted molar refractivity (Wildman–Crippen MR) is 89.8 cm³/mol. The Hall–Kier alpha value is -2.80. The lowest BCUT2D eigenvalue weighted by Crippen LogP contribution is -2.33. The van der Waals surface area contributed by atoms with Crippen LogP contribution in [0.25, 0.3) is 0 Å². The molecule has 0 radical (unpaired) electrons. The van der Waals surface area contributed by atoms with E-state index in [0.717, 1.165) is 0 Å². The van der Waals surface area contributed by atoms with Crippen molar-refractivity contribution >= 4 is 23.7 Å². The zero-order valence-corrected chi connectivity index (χ0v) is 13.9. The van der Waals surface area contributed by atoms with Gasteiger partial charge in [-0.05, 0) is 48.9 Å². The highest BCUT2D eigenvalue weighted by atomic mass is 35.5. The van der Waals surface area contributed by atoms with Crippen molar-refractivity contribution < 1.29 is 23.4 Å². The van der Waals surface area contributed by atoms with Gasteiger partial charge in [0, 0.05) is 0 Å². The molecule has 0 aliphatic carbocycles. The molecule has 25 heavy (non-hydrogen) atoms. The number of rotatable bonds is 5. The number of hydrogen-bond acceptors (Lipinski definition) is 5. The lowest BCUT2D eigenvalue weighted by atomic mass is 10.2. The number of halogens is 2. The summed E-state index contributed by atoms with van der Waals surface area (Å²) in [6.07, 6.45) is 0.624. The van der Waals surface area contributed by atoms with Gasteiger partial charge in [0.05, 0.1) is 11.2 Å². The van der Waals surface area contributed by atoms with Crippen LogP contribution in [0.5, 0.6) is 17.2 Å². The van der Waals surface area contributed by atoms with Crippen LogP contribution in [0.15, 0.2) is 41.5 Å². The van der Waals surface area contributed by atoms with E-state index >= 15 is 0 Å². The van der Waals surface area contributed by atoms with E-state index in [9.17, 15) is 9.18 Å². The first kappa shape index (κ1) is 17.0. The third kappa shape index (κ3) is 4.19. The van der Waals surface area contributed by atoms with E-state index in [0.29, 0.717) is 27.8 Å². The van der Waals surface area contributed by atoms with Crippen LogP contribution >= 0.6 is 11.6 Å². The quantitative estimate of drug-likeness (QED) is 0.653. The number of hydrogen-bond donors (Lipinski definition) is 1. The van der Waals surface area contributed by atoms with Gasteiger partial charge in [0.1, 0.15) is 11.6 Å². The molecule has 1 amide bonds. The SMILES string of the molecule is C[C@H](Oc1ccc(F)cc1)C(=O)N/N=C\c1cc(Cl)c2c(c1)OCO2. The Bertz CT molecular complexity index is 811. The number of ether oxygens (including phenoxy) is 3. The standard InChI is InChI=1S/C17H14ClFN2O4/c1-10(25-13-4-2-12(19)3-5-13)17(22)21-20-8-11-6-14(18)16-15(7-11)23-9-24-16/h2-8,10H,9H2,1H3,(H,21,22)/b20-8-/t10-/m0/s1. The summed E-state index contributed by atoms with van der Waals surface area (Å²) in [5, 5.41) is 4.26. The zero-order chi connectivity index (χ0) is 17.8. The van der Waals surface area contributed by atoms with Crippen molar-refractivity contribution in [2.24, 2.45) is 5.10 Å². The van der Waals surface area contributed by atoms with E-state index < -0.39 is 12.0 Å². The first-order valence-electron chi connectivity index (χ1n) is 7.37. The molecule has 1 atom stereocenters. The summed E-state index contributed by atoms with van der Waals surface area (Å²) in [6, 6.07) is 8.72. The van der Waals surface area contributed by atoms with Crippen LogP contribution in [0.1, 0.15) is 12.5 Å². The van der Waals surface area contributed by atoms with Gasteiger partial charge in [0.25, 0.3) is 5.91 Å². The molecule has 1 heterocycles. The van der Waals surface area contributed by atoms with Crippen LogP contribution in [0.4, 0.5) is 4.39 Å². The molecule has 1 aliphatic rings. The Morgan fingerprint density at radius 2 is 2.12 bits per heavy atom. The number of carbonyl (C=O) groups is 1. The molecular weight excluding hydrogens is 351 g/mol. The van der Waals surface area contributed by atoms with E-state index in [1.807, 2.05) is 0 Å². The Morgan fingerprint density at radius 3 is 2.88 bits per heavy atom. The minimum Gasteiger partial charge on any atom is -0.481 e. The Kier molecular flexibility index (Phi) is 5.04. The lowest BCUT2D eigenvalue weighted by Gasteiger charge is -2.12. The average molecular weight is 365 g/mol. The number of amides is 1. The van der Waals surface area contributed by atoms with Crippen LogP contribution < -0.4 is 19.6 Å². The highest BCUT2D eigenvalue weighted by molar-refractivity contribution is 6.32. The molecule has 0 aromatic heterocycles. The Morgan fingerprint density at radius 1 is 1.36 bits per heavy atom. The third-order valence-corrected chi connectivity index (χ3v) is 3.61. The molecule has 0 saturated carbocycles. The first-order valence-corrected chi connectivity index (χ1v) is 7.75. The van der Waals surface area contributed by atoms with Crippen molar-refractivity contribution in [1.82, 2.24) is 5.43 Å². The van der Waals surface area contributed by atoms with Gasteiger partial charge < -0.3 is 14.2 Å². The van der Waals surface area contributed by atoms with Crippen molar-refractivity contribution in [1.29, 1.82) is 0 Å². The van der Waals surface area contributed by atoms with Crippen molar-refractivity contribution in [2.75, 3.05) is 6.79 Å². The molecule has 0 spiro atoms. The van der Waals surface area contributed by atoms with E-state index in [4.69, 9.17) is 25.8 Å². The van der Waals surface area contributed by atoms with Gasteiger partial charge in [-0.1, -0.05) is 11.6 Å². The topological polar surface area (TPSA) is 69.2 Å². The number of carbonyl (C=O) groups excluding carboxylic acids is 1. The van der Waals surface area contributed by atoms with Crippen molar-refractivity contribution in [2.45, 2.75) is 13.0 Å². The molecule has 1 N–H and O–H groups in total. The highest BCUT2D eigenvalue weighted by Crippen LogP contribution is 2.39. The first-order chi connectivity index (χ1) is 12.0. The van der Waals surface area contributed by atoms with Gasteiger partial charge in [-0.15, -0.1) is 0 Å². The second-order valence-corrected chi connectivity index (χ2v) is 5.59. The smallest absolute Gasteiger partial charge is 0.280 e. The van der Waals surface area contributed by atoms with Gasteiger partial charge in [-0.25, -0.2) is 9.82 Å². The minimum atomic E-state index is -0.803. The van der Waals surface area contributed by atoms with Gasteiger partial charge in [-0.3, -0.25) is 4.79 Å². The maximum absolute atomic E-state index is 12.8. The fourth-order valence-electron chi connectivity index (χ4n) is 2.09. The maximum atomic E-state index is 12.8. The second-order valence-electron chi connectivity index (χ2n) is 5.18. The predicted octanol–water partition coefficient (Wildman–Crippen LogP) is 3.13. The van der Waals surface area contributed by atoms with Crippen LogP contribution in [0.3, 0.4) is 0 Å². The molecule has 0 fully saturated rings. The number of nitrogens with zero attached hydrogens (tertiary/aromatic N) is 1. The van der Waals surface area contributed by atoms with Crippen LogP contribution in [-0.2, 0) is 4.79 Å². The number of hydrazone groups is 1. The molecule has 0 bridgehead atoms. The van der Waals surface area contributed by atoms with E-state index in [2.05, 4.69) is 10.5 Å². The van der Waals surface area contributed by atoms with E-state index in [1.54, 1.807) is 19.1 Å². The summed E-state index contributed by atoms with van der Waals surface area (Å²) in [4.78, 5) is 12.0. The highest BCUT2D eigenvalue weighted by Gasteiger charge is 2.18. The van der Waals surface area contributed by atoms with Crippen molar-refractivity contribution in [3.63, 3.8) is 0 Å². The number of fused-ring (bicyclic) bond motifs is 1. The largest absolute Gasteiger partial charge is 0.481 e. The molecule has 3 rings (SSSR count). The Labute approximate surface area is 148 Å². The second kappa shape index (κ2) is 7.40. The average Bonchev–Trinajstić information content (AvgIpc) is 3.06. The molecule has 0 unspecified atom stereocenters. The molecule has 130 valence electrons. The molecule has 1 aliphatic heterocycles. The van der Waals surface area contributed by atoms with Crippen molar-refractivity contribution in [3.8, 4) is 17.2 Å². The number of nitrogens with one attached hydrogen (secondary N) is 1. The third-order valence-electron chi connectivity index (χ3n) is 3.33. The van der Waals surface area contributed by atoms with Crippen molar-refractivity contribution in [3.05, 3.63) is 52.8 Å². The van der Waals surface area contributed by atoms with E-state index in [-0.39, 0.29) is 12.6 Å². The molecule has 2 aromatic carbocycles. The lowest BCUT2D eigenvalue weighted by molar-refractivity contribution is -0.127. The maximum Gasteiger partial charge on any atom is 0.280 e. The fraction of sp³-hybridized carbons (Fsp3) is 0.176. The molecule has 6 nitrogen and oxygen atoms in total. The summed E-state index contributed by atoms with van der Waals surface area (Å²) < 4.78 is 28.7. The van der Waals surface area contributed by atoms with Crippen LogP contribution in [0, 0.1) is 5.82 Å². The molecular formula is C17H14ClFN2O4. The summed E-state index contributed by atoms with van der Waals surface area (Å²) in [7, 11) is 0. The molecule has 2 aromatic rings. The minimum absolute atomic E-state index is 0.116. The van der Waals surface area contributed by atoms with Gasteiger partial charge in [-0.2, -0.15) is 5.10 Å². The van der Waals surface area contributed by atoms with Gasteiger partial charge in [0.15, 0.2) is 17.6 Å².